The van der Waals surface area contributed by atoms with Gasteiger partial charge in [-0.3, -0.25) is 4.99 Å². The lowest BCUT2D eigenvalue weighted by Gasteiger charge is -2.21. The first-order valence-electron chi connectivity index (χ1n) is 8.80. The number of halogens is 4. The summed E-state index contributed by atoms with van der Waals surface area (Å²) in [4.78, 5) is 4.10. The van der Waals surface area contributed by atoms with Gasteiger partial charge in [0.1, 0.15) is 23.1 Å². The summed E-state index contributed by atoms with van der Waals surface area (Å²) in [6, 6.07) is 8.92. The number of aliphatic imine (C=N–C) groups is 1. The topological polar surface area (TPSA) is 64.1 Å². The van der Waals surface area contributed by atoms with Gasteiger partial charge in [-0.05, 0) is 37.3 Å². The number of benzene rings is 2. The highest BCUT2D eigenvalue weighted by Gasteiger charge is 2.17. The second-order valence-corrected chi connectivity index (χ2v) is 5.99. The number of nitrogens with zero attached hydrogens (tertiary/aromatic N) is 1. The van der Waals surface area contributed by atoms with E-state index in [-0.39, 0.29) is 47.9 Å². The molecule has 10 heteroatoms. The van der Waals surface area contributed by atoms with E-state index in [1.807, 2.05) is 13.0 Å². The van der Waals surface area contributed by atoms with E-state index in [9.17, 15) is 13.2 Å². The molecule has 2 aromatic rings. The highest BCUT2D eigenvalue weighted by molar-refractivity contribution is 14.0. The summed E-state index contributed by atoms with van der Waals surface area (Å²) in [6.07, 6.45) is 0. The van der Waals surface area contributed by atoms with Crippen molar-refractivity contribution in [3.05, 3.63) is 53.3 Å². The molecule has 0 aromatic heterocycles. The zero-order chi connectivity index (χ0) is 21.4. The lowest BCUT2D eigenvalue weighted by Crippen LogP contribution is -2.38. The molecule has 0 radical (unpaired) electrons. The van der Waals surface area contributed by atoms with Crippen molar-refractivity contribution in [1.29, 1.82) is 0 Å². The van der Waals surface area contributed by atoms with Crippen LogP contribution in [0.3, 0.4) is 0 Å². The molecule has 0 spiro atoms. The predicted molar refractivity (Wildman–Crippen MR) is 120 cm³/mol. The van der Waals surface area contributed by atoms with Crippen LogP contribution in [0.1, 0.15) is 24.1 Å². The SMILES string of the molecule is CN=C(NCc1c(F)cccc1OC(F)F)NC(C)c1cc(OC)ccc1OC.I. The number of guanidine groups is 1. The summed E-state index contributed by atoms with van der Waals surface area (Å²) < 4.78 is 54.3. The number of hydrogen-bond donors (Lipinski definition) is 2. The van der Waals surface area contributed by atoms with Crippen LogP contribution in [-0.4, -0.2) is 33.8 Å². The van der Waals surface area contributed by atoms with Crippen molar-refractivity contribution in [3.63, 3.8) is 0 Å². The molecule has 166 valence electrons. The summed E-state index contributed by atoms with van der Waals surface area (Å²) in [6.45, 7) is -1.26. The van der Waals surface area contributed by atoms with Gasteiger partial charge in [0, 0.05) is 24.7 Å². The van der Waals surface area contributed by atoms with Crippen LogP contribution in [0.4, 0.5) is 13.2 Å². The largest absolute Gasteiger partial charge is 0.497 e. The molecule has 0 saturated heterocycles. The molecule has 0 bridgehead atoms. The van der Waals surface area contributed by atoms with Crippen LogP contribution < -0.4 is 24.8 Å². The van der Waals surface area contributed by atoms with Crippen molar-refractivity contribution in [2.75, 3.05) is 21.3 Å². The van der Waals surface area contributed by atoms with Gasteiger partial charge in [-0.1, -0.05) is 6.07 Å². The Morgan fingerprint density at radius 1 is 1.10 bits per heavy atom. The molecule has 30 heavy (non-hydrogen) atoms. The Morgan fingerprint density at radius 3 is 2.43 bits per heavy atom. The van der Waals surface area contributed by atoms with E-state index in [1.54, 1.807) is 33.4 Å². The molecule has 0 fully saturated rings. The van der Waals surface area contributed by atoms with E-state index in [1.165, 1.54) is 18.2 Å². The smallest absolute Gasteiger partial charge is 0.387 e. The van der Waals surface area contributed by atoms with Crippen molar-refractivity contribution in [1.82, 2.24) is 10.6 Å². The summed E-state index contributed by atoms with van der Waals surface area (Å²) >= 11 is 0. The maximum atomic E-state index is 14.1. The maximum absolute atomic E-state index is 14.1. The molecule has 2 N–H and O–H groups in total. The van der Waals surface area contributed by atoms with Crippen LogP contribution in [0, 0.1) is 5.82 Å². The van der Waals surface area contributed by atoms with Gasteiger partial charge < -0.3 is 24.8 Å². The third kappa shape index (κ3) is 6.85. The fourth-order valence-corrected chi connectivity index (χ4v) is 2.74. The Balaban J connectivity index is 0.00000450. The van der Waals surface area contributed by atoms with Gasteiger partial charge >= 0.3 is 6.61 Å². The van der Waals surface area contributed by atoms with Gasteiger partial charge in [0.25, 0.3) is 0 Å². The molecule has 0 amide bonds. The average molecular weight is 539 g/mol. The number of nitrogens with one attached hydrogen (secondary N) is 2. The van der Waals surface area contributed by atoms with Gasteiger partial charge in [0.2, 0.25) is 0 Å². The lowest BCUT2D eigenvalue weighted by molar-refractivity contribution is -0.0506. The van der Waals surface area contributed by atoms with E-state index < -0.39 is 12.4 Å². The van der Waals surface area contributed by atoms with Crippen molar-refractivity contribution in [2.24, 2.45) is 4.99 Å². The Labute approximate surface area is 190 Å². The summed E-state index contributed by atoms with van der Waals surface area (Å²) in [5, 5.41) is 6.06. The number of ether oxygens (including phenoxy) is 3. The first kappa shape index (κ1) is 25.7. The van der Waals surface area contributed by atoms with Crippen LogP contribution in [0.25, 0.3) is 0 Å². The molecule has 0 saturated carbocycles. The van der Waals surface area contributed by atoms with Crippen molar-refractivity contribution in [2.45, 2.75) is 26.1 Å². The van der Waals surface area contributed by atoms with Crippen LogP contribution in [0.2, 0.25) is 0 Å². The zero-order valence-electron chi connectivity index (χ0n) is 17.0. The van der Waals surface area contributed by atoms with Crippen molar-refractivity contribution in [3.8, 4) is 17.2 Å². The molecule has 1 unspecified atom stereocenters. The van der Waals surface area contributed by atoms with Gasteiger partial charge in [-0.15, -0.1) is 24.0 Å². The molecular formula is C20H25F3IN3O3. The minimum atomic E-state index is -3.05. The van der Waals surface area contributed by atoms with E-state index >= 15 is 0 Å². The monoisotopic (exact) mass is 539 g/mol. The highest BCUT2D eigenvalue weighted by atomic mass is 127. The summed E-state index contributed by atoms with van der Waals surface area (Å²) in [5.41, 5.74) is 0.796. The first-order valence-corrected chi connectivity index (χ1v) is 8.80. The summed E-state index contributed by atoms with van der Waals surface area (Å²) in [7, 11) is 4.67. The van der Waals surface area contributed by atoms with E-state index in [0.29, 0.717) is 17.5 Å². The number of alkyl halides is 2. The normalized spacial score (nSPS) is 12.1. The second-order valence-electron chi connectivity index (χ2n) is 5.99. The number of rotatable bonds is 8. The molecular weight excluding hydrogens is 514 g/mol. The molecule has 2 aromatic carbocycles. The van der Waals surface area contributed by atoms with Crippen LogP contribution in [0.5, 0.6) is 17.2 Å². The Bertz CT molecular complexity index is 853. The average Bonchev–Trinajstić information content (AvgIpc) is 2.71. The summed E-state index contributed by atoms with van der Waals surface area (Å²) in [5.74, 6) is 0.772. The Morgan fingerprint density at radius 2 is 1.83 bits per heavy atom. The molecule has 2 rings (SSSR count). The molecule has 1 atom stereocenters. The Hall–Kier alpha value is -2.37. The van der Waals surface area contributed by atoms with Crippen LogP contribution in [-0.2, 0) is 6.54 Å². The molecule has 0 aliphatic heterocycles. The predicted octanol–water partition coefficient (Wildman–Crippen LogP) is 4.49. The van der Waals surface area contributed by atoms with Crippen molar-refractivity contribution >= 4 is 29.9 Å². The van der Waals surface area contributed by atoms with Crippen molar-refractivity contribution < 1.29 is 27.4 Å². The Kier molecular flexibility index (Phi) is 10.6. The van der Waals surface area contributed by atoms with Gasteiger partial charge in [0.15, 0.2) is 5.96 Å². The molecule has 6 nitrogen and oxygen atoms in total. The number of hydrogen-bond acceptors (Lipinski definition) is 4. The zero-order valence-corrected chi connectivity index (χ0v) is 19.4. The van der Waals surface area contributed by atoms with Gasteiger partial charge in [-0.25, -0.2) is 4.39 Å². The molecule has 0 heterocycles. The lowest BCUT2D eigenvalue weighted by atomic mass is 10.1. The van der Waals surface area contributed by atoms with E-state index in [2.05, 4.69) is 20.4 Å². The fourth-order valence-electron chi connectivity index (χ4n) is 2.74. The van der Waals surface area contributed by atoms with E-state index in [4.69, 9.17) is 9.47 Å². The maximum Gasteiger partial charge on any atom is 0.387 e. The van der Waals surface area contributed by atoms with Crippen LogP contribution >= 0.6 is 24.0 Å². The minimum Gasteiger partial charge on any atom is -0.497 e. The van der Waals surface area contributed by atoms with Crippen LogP contribution in [0.15, 0.2) is 41.4 Å². The van der Waals surface area contributed by atoms with E-state index in [0.717, 1.165) is 5.56 Å². The quantitative estimate of drug-likeness (QED) is 0.294. The molecule has 0 aliphatic carbocycles. The van der Waals surface area contributed by atoms with Gasteiger partial charge in [-0.2, -0.15) is 8.78 Å². The number of methoxy groups -OCH3 is 2. The standard InChI is InChI=1S/C20H24F3N3O3.HI/c1-12(14-10-13(27-3)8-9-17(14)28-4)26-20(24-2)25-11-15-16(21)6-5-7-18(15)29-19(22)23;/h5-10,12,19H,11H2,1-4H3,(H2,24,25,26);1H. The fraction of sp³-hybridized carbons (Fsp3) is 0.350. The third-order valence-electron chi connectivity index (χ3n) is 4.20. The minimum absolute atomic E-state index is 0. The second kappa shape index (κ2) is 12.4. The third-order valence-corrected chi connectivity index (χ3v) is 4.20. The first-order chi connectivity index (χ1) is 13.9. The molecule has 0 aliphatic rings. The van der Waals surface area contributed by atoms with Gasteiger partial charge in [0.05, 0.1) is 20.3 Å². The highest BCUT2D eigenvalue weighted by Crippen LogP contribution is 2.29.